The Bertz CT molecular complexity index is 381. The van der Waals surface area contributed by atoms with Crippen LogP contribution in [0.1, 0.15) is 6.92 Å². The van der Waals surface area contributed by atoms with Crippen LogP contribution in [0.4, 0.5) is 0 Å². The van der Waals surface area contributed by atoms with Crippen molar-refractivity contribution < 1.29 is 19.0 Å². The van der Waals surface area contributed by atoms with Gasteiger partial charge < -0.3 is 19.5 Å². The van der Waals surface area contributed by atoms with Gasteiger partial charge >= 0.3 is 0 Å². The van der Waals surface area contributed by atoms with Gasteiger partial charge in [0.1, 0.15) is 11.5 Å². The second-order valence-corrected chi connectivity index (χ2v) is 3.89. The third-order valence-corrected chi connectivity index (χ3v) is 2.24. The molecule has 1 rings (SSSR count). The fraction of sp³-hybridized carbons (Fsp3) is 0.462. The third kappa shape index (κ3) is 5.05. The number of carbonyl (C=O) groups excluding carboxylic acids is 1. The molecule has 5 nitrogen and oxygen atoms in total. The number of carbonyl (C=O) groups is 1. The van der Waals surface area contributed by atoms with E-state index in [0.717, 1.165) is 0 Å². The fourth-order valence-corrected chi connectivity index (χ4v) is 1.45. The van der Waals surface area contributed by atoms with Crippen LogP contribution in [0.5, 0.6) is 11.5 Å². The summed E-state index contributed by atoms with van der Waals surface area (Å²) in [7, 11) is 3.17. The van der Waals surface area contributed by atoms with Gasteiger partial charge in [-0.15, -0.1) is 0 Å². The summed E-state index contributed by atoms with van der Waals surface area (Å²) in [5.74, 6) is 1.12. The second-order valence-electron chi connectivity index (χ2n) is 3.89. The molecule has 0 aromatic heterocycles. The van der Waals surface area contributed by atoms with Gasteiger partial charge in [-0.2, -0.15) is 0 Å². The minimum Gasteiger partial charge on any atom is -0.497 e. The lowest BCUT2D eigenvalue weighted by atomic mass is 10.3. The summed E-state index contributed by atoms with van der Waals surface area (Å²) in [6, 6.07) is 7.09. The topological polar surface area (TPSA) is 56.8 Å². The number of hydrogen-bond acceptors (Lipinski definition) is 4. The first-order valence-electron chi connectivity index (χ1n) is 5.71. The largest absolute Gasteiger partial charge is 0.497 e. The number of rotatable bonds is 7. The molecule has 1 N–H and O–H groups in total. The van der Waals surface area contributed by atoms with Crippen LogP contribution in [0.3, 0.4) is 0 Å². The maximum atomic E-state index is 11.5. The minimum absolute atomic E-state index is 0.0266. The molecule has 0 aliphatic heterocycles. The highest BCUT2D eigenvalue weighted by molar-refractivity contribution is 5.77. The van der Waals surface area contributed by atoms with E-state index in [1.54, 1.807) is 32.4 Å². The van der Waals surface area contributed by atoms with E-state index in [0.29, 0.717) is 18.1 Å². The molecule has 0 bridgehead atoms. The molecule has 0 saturated carbocycles. The lowest BCUT2D eigenvalue weighted by molar-refractivity contribution is -0.124. The molecule has 0 aliphatic carbocycles. The molecule has 0 heterocycles. The Kier molecular flexibility index (Phi) is 6.00. The summed E-state index contributed by atoms with van der Waals surface area (Å²) in [5, 5.41) is 2.76. The zero-order valence-corrected chi connectivity index (χ0v) is 10.9. The monoisotopic (exact) mass is 253 g/mol. The lowest BCUT2D eigenvalue weighted by Gasteiger charge is -2.13. The van der Waals surface area contributed by atoms with E-state index < -0.39 is 0 Å². The van der Waals surface area contributed by atoms with E-state index in [2.05, 4.69) is 5.32 Å². The van der Waals surface area contributed by atoms with E-state index in [1.165, 1.54) is 0 Å². The van der Waals surface area contributed by atoms with Crippen molar-refractivity contribution in [1.29, 1.82) is 0 Å². The molecule has 100 valence electrons. The van der Waals surface area contributed by atoms with Gasteiger partial charge in [0.2, 0.25) is 0 Å². The molecular formula is C13H19NO4. The third-order valence-electron chi connectivity index (χ3n) is 2.24. The maximum absolute atomic E-state index is 11.5. The Morgan fingerprint density at radius 1 is 1.33 bits per heavy atom. The molecule has 0 aliphatic rings. The first-order chi connectivity index (χ1) is 8.65. The summed E-state index contributed by atoms with van der Waals surface area (Å²) in [6.07, 6.45) is 0. The molecule has 0 radical (unpaired) electrons. The van der Waals surface area contributed by atoms with E-state index in [9.17, 15) is 4.79 Å². The van der Waals surface area contributed by atoms with Gasteiger partial charge in [-0.3, -0.25) is 4.79 Å². The second kappa shape index (κ2) is 7.55. The highest BCUT2D eigenvalue weighted by Crippen LogP contribution is 2.18. The standard InChI is InChI=1S/C13H19NO4/c1-10(8-16-2)14-13(15)9-18-12-6-4-5-11(7-12)17-3/h4-7,10H,8-9H2,1-3H3,(H,14,15). The van der Waals surface area contributed by atoms with Crippen LogP contribution < -0.4 is 14.8 Å². The van der Waals surface area contributed by atoms with Crippen molar-refractivity contribution in [2.45, 2.75) is 13.0 Å². The molecule has 0 spiro atoms. The quantitative estimate of drug-likeness (QED) is 0.794. The van der Waals surface area contributed by atoms with Crippen LogP contribution in [0.25, 0.3) is 0 Å². The summed E-state index contributed by atoms with van der Waals surface area (Å²) in [6.45, 7) is 2.32. The number of ether oxygens (including phenoxy) is 3. The molecule has 5 heteroatoms. The number of hydrogen-bond donors (Lipinski definition) is 1. The average Bonchev–Trinajstić information content (AvgIpc) is 2.37. The zero-order chi connectivity index (χ0) is 13.4. The van der Waals surface area contributed by atoms with Gasteiger partial charge in [-0.25, -0.2) is 0 Å². The Balaban J connectivity index is 2.37. The molecule has 1 aromatic carbocycles. The highest BCUT2D eigenvalue weighted by Gasteiger charge is 2.07. The van der Waals surface area contributed by atoms with Gasteiger partial charge in [-0.05, 0) is 19.1 Å². The summed E-state index contributed by atoms with van der Waals surface area (Å²) in [5.41, 5.74) is 0. The van der Waals surface area contributed by atoms with Crippen molar-refractivity contribution in [1.82, 2.24) is 5.32 Å². The van der Waals surface area contributed by atoms with E-state index in [-0.39, 0.29) is 18.6 Å². The molecule has 0 fully saturated rings. The first-order valence-corrected chi connectivity index (χ1v) is 5.71. The molecule has 1 atom stereocenters. The normalized spacial score (nSPS) is 11.7. The predicted molar refractivity (Wildman–Crippen MR) is 68.0 cm³/mol. The minimum atomic E-state index is -0.178. The van der Waals surface area contributed by atoms with Crippen molar-refractivity contribution >= 4 is 5.91 Å². The number of nitrogens with one attached hydrogen (secondary N) is 1. The first kappa shape index (κ1) is 14.3. The summed E-state index contributed by atoms with van der Waals surface area (Å²) in [4.78, 5) is 11.5. The van der Waals surface area contributed by atoms with E-state index in [4.69, 9.17) is 14.2 Å². The van der Waals surface area contributed by atoms with Crippen LogP contribution in [0.15, 0.2) is 24.3 Å². The lowest BCUT2D eigenvalue weighted by Crippen LogP contribution is -2.38. The van der Waals surface area contributed by atoms with Crippen molar-refractivity contribution in [3.8, 4) is 11.5 Å². The van der Waals surface area contributed by atoms with Crippen LogP contribution in [0, 0.1) is 0 Å². The molecule has 1 amide bonds. The van der Waals surface area contributed by atoms with Crippen molar-refractivity contribution in [2.75, 3.05) is 27.4 Å². The van der Waals surface area contributed by atoms with Gasteiger partial charge in [0.15, 0.2) is 6.61 Å². The SMILES string of the molecule is COCC(C)NC(=O)COc1cccc(OC)c1. The van der Waals surface area contributed by atoms with Gasteiger partial charge in [0.25, 0.3) is 5.91 Å². The average molecular weight is 253 g/mol. The number of benzene rings is 1. The summed E-state index contributed by atoms with van der Waals surface area (Å²) >= 11 is 0. The molecular weight excluding hydrogens is 234 g/mol. The van der Waals surface area contributed by atoms with Gasteiger partial charge in [0, 0.05) is 19.2 Å². The van der Waals surface area contributed by atoms with E-state index in [1.807, 2.05) is 13.0 Å². The van der Waals surface area contributed by atoms with Crippen molar-refractivity contribution in [3.63, 3.8) is 0 Å². The van der Waals surface area contributed by atoms with Crippen LogP contribution in [-0.4, -0.2) is 39.4 Å². The number of amides is 1. The fourth-order valence-electron chi connectivity index (χ4n) is 1.45. The van der Waals surface area contributed by atoms with Crippen LogP contribution >= 0.6 is 0 Å². The molecule has 18 heavy (non-hydrogen) atoms. The maximum Gasteiger partial charge on any atom is 0.258 e. The molecule has 1 aromatic rings. The van der Waals surface area contributed by atoms with Crippen LogP contribution in [-0.2, 0) is 9.53 Å². The molecule has 1 unspecified atom stereocenters. The smallest absolute Gasteiger partial charge is 0.258 e. The molecule has 0 saturated heterocycles. The van der Waals surface area contributed by atoms with Crippen molar-refractivity contribution in [2.24, 2.45) is 0 Å². The predicted octanol–water partition coefficient (Wildman–Crippen LogP) is 1.23. The Morgan fingerprint density at radius 3 is 2.72 bits per heavy atom. The number of methoxy groups -OCH3 is 2. The summed E-state index contributed by atoms with van der Waals surface area (Å²) < 4.78 is 15.3. The Hall–Kier alpha value is -1.75. The van der Waals surface area contributed by atoms with Crippen molar-refractivity contribution in [3.05, 3.63) is 24.3 Å². The highest BCUT2D eigenvalue weighted by atomic mass is 16.5. The van der Waals surface area contributed by atoms with E-state index >= 15 is 0 Å². The van der Waals surface area contributed by atoms with Gasteiger partial charge in [0.05, 0.1) is 13.7 Å². The zero-order valence-electron chi connectivity index (χ0n) is 10.9. The Labute approximate surface area is 107 Å². The van der Waals surface area contributed by atoms with Gasteiger partial charge in [-0.1, -0.05) is 6.07 Å². The van der Waals surface area contributed by atoms with Crippen LogP contribution in [0.2, 0.25) is 0 Å². The Morgan fingerprint density at radius 2 is 2.06 bits per heavy atom.